The van der Waals surface area contributed by atoms with E-state index in [-0.39, 0.29) is 6.04 Å². The molecule has 0 aromatic carbocycles. The first-order chi connectivity index (χ1) is 8.69. The van der Waals surface area contributed by atoms with E-state index in [9.17, 15) is 0 Å². The van der Waals surface area contributed by atoms with Gasteiger partial charge < -0.3 is 10.3 Å². The molecule has 2 heterocycles. The molecule has 2 rings (SSSR count). The van der Waals surface area contributed by atoms with Crippen LogP contribution in [0.2, 0.25) is 0 Å². The zero-order chi connectivity index (χ0) is 13.0. The summed E-state index contributed by atoms with van der Waals surface area (Å²) in [6.07, 6.45) is 3.51. The molecule has 1 atom stereocenters. The predicted molar refractivity (Wildman–Crippen MR) is 73.9 cm³/mol. The number of nitrogens with two attached hydrogens (primary N) is 1. The minimum atomic E-state index is -0.170. The molecule has 0 amide bonds. The molecule has 18 heavy (non-hydrogen) atoms. The minimum Gasteiger partial charge on any atom is -0.338 e. The molecule has 2 N–H and O–H groups in total. The number of thiazole rings is 1. The number of hydrogen-bond acceptors (Lipinski definition) is 7. The van der Waals surface area contributed by atoms with E-state index in [1.165, 1.54) is 0 Å². The number of thioether (sulfide) groups is 1. The van der Waals surface area contributed by atoms with Crippen LogP contribution in [0.3, 0.4) is 0 Å². The topological polar surface area (TPSA) is 77.8 Å². The summed E-state index contributed by atoms with van der Waals surface area (Å²) in [5.41, 5.74) is 6.99. The summed E-state index contributed by atoms with van der Waals surface area (Å²) in [5, 5.41) is 6.96. The molecule has 2 aromatic rings. The molecule has 7 heteroatoms. The summed E-state index contributed by atoms with van der Waals surface area (Å²) >= 11 is 3.37. The van der Waals surface area contributed by atoms with Gasteiger partial charge in [-0.25, -0.2) is 4.98 Å². The molecule has 0 saturated carbocycles. The van der Waals surface area contributed by atoms with Crippen LogP contribution in [0.4, 0.5) is 0 Å². The molecule has 5 nitrogen and oxygen atoms in total. The largest absolute Gasteiger partial charge is 0.338 e. The smallest absolute Gasteiger partial charge is 0.243 e. The van der Waals surface area contributed by atoms with E-state index >= 15 is 0 Å². The summed E-state index contributed by atoms with van der Waals surface area (Å²) in [4.78, 5) is 8.69. The molecule has 0 spiro atoms. The van der Waals surface area contributed by atoms with Crippen LogP contribution in [0.25, 0.3) is 0 Å². The van der Waals surface area contributed by atoms with Gasteiger partial charge in [-0.05, 0) is 25.4 Å². The fraction of sp³-hybridized carbons (Fsp3) is 0.545. The Labute approximate surface area is 114 Å². The van der Waals surface area contributed by atoms with Crippen molar-refractivity contribution >= 4 is 23.1 Å². The molecule has 0 bridgehead atoms. The van der Waals surface area contributed by atoms with Gasteiger partial charge in [0.15, 0.2) is 5.82 Å². The van der Waals surface area contributed by atoms with Crippen LogP contribution in [0.15, 0.2) is 9.90 Å². The monoisotopic (exact) mass is 284 g/mol. The maximum atomic E-state index is 5.97. The molecule has 0 aliphatic heterocycles. The fourth-order valence-corrected chi connectivity index (χ4v) is 2.74. The Kier molecular flexibility index (Phi) is 4.73. The molecular weight excluding hydrogens is 268 g/mol. The third-order valence-corrected chi connectivity index (χ3v) is 4.02. The first-order valence-corrected chi connectivity index (χ1v) is 7.94. The van der Waals surface area contributed by atoms with Crippen molar-refractivity contribution in [1.29, 1.82) is 0 Å². The Hall–Kier alpha value is -0.920. The molecule has 0 saturated heterocycles. The highest BCUT2D eigenvalue weighted by Crippen LogP contribution is 2.16. The van der Waals surface area contributed by atoms with E-state index < -0.39 is 0 Å². The van der Waals surface area contributed by atoms with Gasteiger partial charge in [-0.3, -0.25) is 0 Å². The van der Waals surface area contributed by atoms with Gasteiger partial charge in [-0.15, -0.1) is 11.3 Å². The number of nitrogens with zero attached hydrogens (tertiary/aromatic N) is 3. The van der Waals surface area contributed by atoms with Crippen molar-refractivity contribution in [3.8, 4) is 0 Å². The van der Waals surface area contributed by atoms with Gasteiger partial charge in [0.25, 0.3) is 0 Å². The second-order valence-electron chi connectivity index (χ2n) is 4.00. The van der Waals surface area contributed by atoms with Crippen molar-refractivity contribution in [3.05, 3.63) is 27.8 Å². The first kappa shape index (κ1) is 13.5. The average molecular weight is 284 g/mol. The normalized spacial score (nSPS) is 12.8. The Morgan fingerprint density at radius 2 is 2.33 bits per heavy atom. The van der Waals surface area contributed by atoms with Gasteiger partial charge in [0.2, 0.25) is 5.89 Å². The van der Waals surface area contributed by atoms with E-state index in [4.69, 9.17) is 10.3 Å². The van der Waals surface area contributed by atoms with Gasteiger partial charge >= 0.3 is 0 Å². The van der Waals surface area contributed by atoms with E-state index in [0.717, 1.165) is 22.9 Å². The SMILES string of the molecule is CSCC[C@@H](N)c1nc(Cc2nc(C)cs2)no1. The summed E-state index contributed by atoms with van der Waals surface area (Å²) in [7, 11) is 0. The molecule has 0 fully saturated rings. The molecule has 0 aliphatic rings. The van der Waals surface area contributed by atoms with Crippen LogP contribution < -0.4 is 5.73 Å². The lowest BCUT2D eigenvalue weighted by Gasteiger charge is -2.03. The van der Waals surface area contributed by atoms with Crippen LogP contribution in [-0.4, -0.2) is 27.1 Å². The van der Waals surface area contributed by atoms with Gasteiger partial charge in [0, 0.05) is 11.1 Å². The maximum Gasteiger partial charge on any atom is 0.243 e. The second kappa shape index (κ2) is 6.31. The van der Waals surface area contributed by atoms with Crippen LogP contribution in [-0.2, 0) is 6.42 Å². The number of aryl methyl sites for hydroxylation is 1. The summed E-state index contributed by atoms with van der Waals surface area (Å²) < 4.78 is 5.18. The number of hydrogen-bond donors (Lipinski definition) is 1. The number of aromatic nitrogens is 3. The second-order valence-corrected chi connectivity index (χ2v) is 5.92. The average Bonchev–Trinajstić information content (AvgIpc) is 2.96. The fourth-order valence-electron chi connectivity index (χ4n) is 1.48. The van der Waals surface area contributed by atoms with Crippen LogP contribution in [0.5, 0.6) is 0 Å². The van der Waals surface area contributed by atoms with Crippen molar-refractivity contribution in [2.24, 2.45) is 5.73 Å². The molecule has 0 radical (unpaired) electrons. The quantitative estimate of drug-likeness (QED) is 0.876. The van der Waals surface area contributed by atoms with E-state index in [1.807, 2.05) is 12.3 Å². The van der Waals surface area contributed by atoms with Gasteiger partial charge in [0.1, 0.15) is 5.01 Å². The third kappa shape index (κ3) is 3.54. The molecule has 98 valence electrons. The zero-order valence-electron chi connectivity index (χ0n) is 10.4. The summed E-state index contributed by atoms with van der Waals surface area (Å²) in [6.45, 7) is 1.97. The highest BCUT2D eigenvalue weighted by atomic mass is 32.2. The van der Waals surface area contributed by atoms with E-state index in [0.29, 0.717) is 18.1 Å². The van der Waals surface area contributed by atoms with Crippen LogP contribution in [0.1, 0.15) is 34.9 Å². The van der Waals surface area contributed by atoms with Crippen molar-refractivity contribution < 1.29 is 4.52 Å². The summed E-state index contributed by atoms with van der Waals surface area (Å²) in [5.74, 6) is 2.16. The van der Waals surface area contributed by atoms with Crippen molar-refractivity contribution in [3.63, 3.8) is 0 Å². The van der Waals surface area contributed by atoms with Gasteiger partial charge in [-0.1, -0.05) is 5.16 Å². The lowest BCUT2D eigenvalue weighted by Crippen LogP contribution is -2.11. The van der Waals surface area contributed by atoms with Crippen LogP contribution >= 0.6 is 23.1 Å². The standard InChI is InChI=1S/C11H16N4OS2/c1-7-6-18-10(13-7)5-9-14-11(16-15-9)8(12)3-4-17-2/h6,8H,3-5,12H2,1-2H3/t8-/m1/s1. The maximum absolute atomic E-state index is 5.97. The van der Waals surface area contributed by atoms with E-state index in [1.54, 1.807) is 23.1 Å². The zero-order valence-corrected chi connectivity index (χ0v) is 12.1. The molecule has 2 aromatic heterocycles. The Morgan fingerprint density at radius 1 is 1.50 bits per heavy atom. The highest BCUT2D eigenvalue weighted by Gasteiger charge is 2.15. The first-order valence-electron chi connectivity index (χ1n) is 5.67. The van der Waals surface area contributed by atoms with E-state index in [2.05, 4.69) is 21.4 Å². The van der Waals surface area contributed by atoms with Gasteiger partial charge in [-0.2, -0.15) is 16.7 Å². The highest BCUT2D eigenvalue weighted by molar-refractivity contribution is 7.98. The molecule has 0 aliphatic carbocycles. The lowest BCUT2D eigenvalue weighted by molar-refractivity contribution is 0.349. The Bertz CT molecular complexity index is 497. The van der Waals surface area contributed by atoms with Crippen molar-refractivity contribution in [2.45, 2.75) is 25.8 Å². The lowest BCUT2D eigenvalue weighted by atomic mass is 10.2. The Balaban J connectivity index is 1.97. The molecular formula is C11H16N4OS2. The minimum absolute atomic E-state index is 0.170. The van der Waals surface area contributed by atoms with Crippen molar-refractivity contribution in [1.82, 2.24) is 15.1 Å². The predicted octanol–water partition coefficient (Wildman–Crippen LogP) is 2.18. The van der Waals surface area contributed by atoms with Crippen LogP contribution in [0, 0.1) is 6.92 Å². The van der Waals surface area contributed by atoms with Gasteiger partial charge in [0.05, 0.1) is 12.5 Å². The summed E-state index contributed by atoms with van der Waals surface area (Å²) in [6, 6.07) is -0.170. The molecule has 0 unspecified atom stereocenters. The van der Waals surface area contributed by atoms with Crippen molar-refractivity contribution in [2.75, 3.05) is 12.0 Å². The Morgan fingerprint density at radius 3 is 3.00 bits per heavy atom. The third-order valence-electron chi connectivity index (χ3n) is 2.41. The number of rotatable bonds is 6.